The van der Waals surface area contributed by atoms with E-state index in [9.17, 15) is 9.90 Å². The number of piperidine rings is 1. The molecule has 0 saturated carbocycles. The van der Waals surface area contributed by atoms with Crippen molar-refractivity contribution in [2.75, 3.05) is 18.4 Å². The Hall–Kier alpha value is -1.92. The molecule has 0 radical (unpaired) electrons. The van der Waals surface area contributed by atoms with Gasteiger partial charge in [-0.15, -0.1) is 11.3 Å². The maximum absolute atomic E-state index is 12.3. The van der Waals surface area contributed by atoms with Crippen LogP contribution in [0.3, 0.4) is 0 Å². The van der Waals surface area contributed by atoms with Crippen molar-refractivity contribution < 1.29 is 9.90 Å². The lowest BCUT2D eigenvalue weighted by Crippen LogP contribution is -2.33. The van der Waals surface area contributed by atoms with E-state index in [0.29, 0.717) is 5.13 Å². The Morgan fingerprint density at radius 2 is 2.33 bits per heavy atom. The molecule has 24 heavy (non-hydrogen) atoms. The maximum Gasteiger partial charge on any atom is 0.261 e. The fraction of sp³-hybridized carbons (Fsp3) is 0.444. The summed E-state index contributed by atoms with van der Waals surface area (Å²) in [5.74, 6) is 0.396. The van der Waals surface area contributed by atoms with Crippen LogP contribution in [0.25, 0.3) is 0 Å². The molecule has 1 unspecified atom stereocenters. The molecule has 1 aliphatic rings. The van der Waals surface area contributed by atoms with Gasteiger partial charge in [-0.3, -0.25) is 15.0 Å². The number of anilines is 1. The van der Waals surface area contributed by atoms with Gasteiger partial charge in [0, 0.05) is 18.5 Å². The highest BCUT2D eigenvalue weighted by molar-refractivity contribution is 7.14. The van der Waals surface area contributed by atoms with Gasteiger partial charge in [0.05, 0.1) is 11.3 Å². The van der Waals surface area contributed by atoms with Gasteiger partial charge in [-0.05, 0) is 49.9 Å². The molecule has 1 atom stereocenters. The molecule has 0 bridgehead atoms. The summed E-state index contributed by atoms with van der Waals surface area (Å²) in [7, 11) is 0. The van der Waals surface area contributed by atoms with E-state index in [1.807, 2.05) is 12.3 Å². The topological polar surface area (TPSA) is 65.5 Å². The molecule has 2 aromatic rings. The number of aromatic hydroxyl groups is 1. The number of rotatable bonds is 4. The van der Waals surface area contributed by atoms with Crippen molar-refractivity contribution in [3.8, 4) is 5.75 Å². The molecule has 6 heteroatoms. The first-order chi connectivity index (χ1) is 11.5. The molecule has 3 rings (SSSR count). The Balaban J connectivity index is 1.62. The van der Waals surface area contributed by atoms with Gasteiger partial charge in [0.1, 0.15) is 5.75 Å². The first-order valence-corrected chi connectivity index (χ1v) is 9.17. The van der Waals surface area contributed by atoms with Crippen molar-refractivity contribution in [2.24, 2.45) is 5.92 Å². The summed E-state index contributed by atoms with van der Waals surface area (Å²) in [6, 6.07) is 5.02. The van der Waals surface area contributed by atoms with E-state index in [2.05, 4.69) is 22.1 Å². The van der Waals surface area contributed by atoms with Gasteiger partial charge >= 0.3 is 0 Å². The number of carbonyl (C=O) groups is 1. The summed E-state index contributed by atoms with van der Waals surface area (Å²) in [5.41, 5.74) is 2.16. The van der Waals surface area contributed by atoms with Crippen LogP contribution in [0.4, 0.5) is 5.13 Å². The molecule has 1 amide bonds. The predicted molar refractivity (Wildman–Crippen MR) is 96.6 cm³/mol. The van der Waals surface area contributed by atoms with E-state index < -0.39 is 0 Å². The SMILES string of the molecule is Cc1ccc(C(=O)Nc2nc(CN3CCCC(C)C3)cs2)c(O)c1. The fourth-order valence-electron chi connectivity index (χ4n) is 3.09. The largest absolute Gasteiger partial charge is 0.507 e. The minimum absolute atomic E-state index is 0.00779. The summed E-state index contributed by atoms with van der Waals surface area (Å²) in [4.78, 5) is 19.2. The zero-order valence-corrected chi connectivity index (χ0v) is 14.9. The van der Waals surface area contributed by atoms with Gasteiger partial charge in [-0.2, -0.15) is 0 Å². The first-order valence-electron chi connectivity index (χ1n) is 8.29. The number of benzene rings is 1. The minimum atomic E-state index is -0.333. The third-order valence-electron chi connectivity index (χ3n) is 4.30. The van der Waals surface area contributed by atoms with Crippen molar-refractivity contribution in [3.05, 3.63) is 40.4 Å². The lowest BCUT2D eigenvalue weighted by molar-refractivity contribution is 0.102. The van der Waals surface area contributed by atoms with E-state index in [1.165, 1.54) is 24.2 Å². The normalized spacial score (nSPS) is 18.5. The van der Waals surface area contributed by atoms with Crippen molar-refractivity contribution >= 4 is 22.4 Å². The number of carbonyl (C=O) groups excluding carboxylic acids is 1. The molecule has 5 nitrogen and oxygen atoms in total. The van der Waals surface area contributed by atoms with Gasteiger partial charge in [-0.25, -0.2) is 4.98 Å². The van der Waals surface area contributed by atoms with Crippen LogP contribution < -0.4 is 5.32 Å². The number of thiazole rings is 1. The number of phenols is 1. The summed E-state index contributed by atoms with van der Waals surface area (Å²) in [6.07, 6.45) is 2.54. The lowest BCUT2D eigenvalue weighted by atomic mass is 10.0. The van der Waals surface area contributed by atoms with Gasteiger partial charge in [0.15, 0.2) is 5.13 Å². The second-order valence-electron chi connectivity index (χ2n) is 6.60. The second kappa shape index (κ2) is 7.32. The van der Waals surface area contributed by atoms with E-state index in [4.69, 9.17) is 0 Å². The molecule has 1 aromatic carbocycles. The number of nitrogens with one attached hydrogen (secondary N) is 1. The van der Waals surface area contributed by atoms with Crippen LogP contribution in [0.15, 0.2) is 23.6 Å². The van der Waals surface area contributed by atoms with Crippen LogP contribution in [0, 0.1) is 12.8 Å². The quantitative estimate of drug-likeness (QED) is 0.888. The Bertz CT molecular complexity index is 729. The average molecular weight is 345 g/mol. The maximum atomic E-state index is 12.3. The van der Waals surface area contributed by atoms with Crippen molar-refractivity contribution in [2.45, 2.75) is 33.2 Å². The van der Waals surface area contributed by atoms with Crippen molar-refractivity contribution in [3.63, 3.8) is 0 Å². The molecule has 2 heterocycles. The summed E-state index contributed by atoms with van der Waals surface area (Å²) in [5, 5.41) is 15.2. The Morgan fingerprint density at radius 1 is 1.50 bits per heavy atom. The molecule has 1 aliphatic heterocycles. The number of aryl methyl sites for hydroxylation is 1. The molecule has 1 aromatic heterocycles. The van der Waals surface area contributed by atoms with Crippen molar-refractivity contribution in [1.29, 1.82) is 0 Å². The molecule has 0 aliphatic carbocycles. The molecule has 128 valence electrons. The van der Waals surface area contributed by atoms with Crippen LogP contribution in [0.2, 0.25) is 0 Å². The highest BCUT2D eigenvalue weighted by Gasteiger charge is 2.18. The number of hydrogen-bond donors (Lipinski definition) is 2. The number of likely N-dealkylation sites (tertiary alicyclic amines) is 1. The number of amides is 1. The van der Waals surface area contributed by atoms with E-state index >= 15 is 0 Å². The first kappa shape index (κ1) is 16.9. The third kappa shape index (κ3) is 4.13. The molecule has 1 saturated heterocycles. The average Bonchev–Trinajstić information content (AvgIpc) is 2.94. The van der Waals surface area contributed by atoms with Crippen LogP contribution in [0.5, 0.6) is 5.75 Å². The Morgan fingerprint density at radius 3 is 3.08 bits per heavy atom. The summed E-state index contributed by atoms with van der Waals surface area (Å²) >= 11 is 1.42. The standard InChI is InChI=1S/C18H23N3O2S/c1-12-5-6-15(16(22)8-12)17(23)20-18-19-14(11-24-18)10-21-7-3-4-13(2)9-21/h5-6,8,11,13,22H,3-4,7,9-10H2,1-2H3,(H,19,20,23). The van der Waals surface area contributed by atoms with Crippen LogP contribution >= 0.6 is 11.3 Å². The minimum Gasteiger partial charge on any atom is -0.507 e. The van der Waals surface area contributed by atoms with Gasteiger partial charge in [0.25, 0.3) is 5.91 Å². The lowest BCUT2D eigenvalue weighted by Gasteiger charge is -2.30. The predicted octanol–water partition coefficient (Wildman–Crippen LogP) is 3.64. The number of nitrogens with zero attached hydrogens (tertiary/aromatic N) is 2. The highest BCUT2D eigenvalue weighted by atomic mass is 32.1. The highest BCUT2D eigenvalue weighted by Crippen LogP contribution is 2.23. The molecular weight excluding hydrogens is 322 g/mol. The number of hydrogen-bond acceptors (Lipinski definition) is 5. The van der Waals surface area contributed by atoms with E-state index in [-0.39, 0.29) is 17.2 Å². The molecule has 1 fully saturated rings. The summed E-state index contributed by atoms with van der Waals surface area (Å²) in [6.45, 7) is 7.20. The van der Waals surface area contributed by atoms with Gasteiger partial charge in [0.2, 0.25) is 0 Å². The molecule has 2 N–H and O–H groups in total. The Kier molecular flexibility index (Phi) is 5.16. The third-order valence-corrected chi connectivity index (χ3v) is 5.10. The van der Waals surface area contributed by atoms with Crippen LogP contribution in [0.1, 0.15) is 41.4 Å². The fourth-order valence-corrected chi connectivity index (χ4v) is 3.79. The van der Waals surface area contributed by atoms with Gasteiger partial charge in [-0.1, -0.05) is 13.0 Å². The van der Waals surface area contributed by atoms with Crippen LogP contribution in [-0.2, 0) is 6.54 Å². The van der Waals surface area contributed by atoms with Crippen LogP contribution in [-0.4, -0.2) is 34.0 Å². The Labute approximate surface area is 146 Å². The molecule has 0 spiro atoms. The monoisotopic (exact) mass is 345 g/mol. The second-order valence-corrected chi connectivity index (χ2v) is 7.46. The molecular formula is C18H23N3O2S. The zero-order valence-electron chi connectivity index (χ0n) is 14.1. The van der Waals surface area contributed by atoms with E-state index in [1.54, 1.807) is 18.2 Å². The smallest absolute Gasteiger partial charge is 0.261 e. The van der Waals surface area contributed by atoms with Crippen molar-refractivity contribution in [1.82, 2.24) is 9.88 Å². The van der Waals surface area contributed by atoms with E-state index in [0.717, 1.165) is 36.8 Å². The number of aromatic nitrogens is 1. The van der Waals surface area contributed by atoms with Gasteiger partial charge < -0.3 is 5.11 Å². The number of phenolic OH excluding ortho intramolecular Hbond substituents is 1. The zero-order chi connectivity index (χ0) is 17.1. The summed E-state index contributed by atoms with van der Waals surface area (Å²) < 4.78 is 0.